The van der Waals surface area contributed by atoms with E-state index in [1.54, 1.807) is 0 Å². The summed E-state index contributed by atoms with van der Waals surface area (Å²) in [5.41, 5.74) is 0. The summed E-state index contributed by atoms with van der Waals surface area (Å²) in [4.78, 5) is 14.1. The van der Waals surface area contributed by atoms with Gasteiger partial charge in [0.2, 0.25) is 5.91 Å². The lowest BCUT2D eigenvalue weighted by Crippen LogP contribution is -2.47. The SMILES string of the molecule is CC(NC1CC(C)N(C)C1)C(=O)NC1CC1. The number of amides is 1. The molecule has 3 atom stereocenters. The molecule has 0 aromatic rings. The first kappa shape index (κ1) is 11.9. The first-order chi connectivity index (χ1) is 7.56. The van der Waals surface area contributed by atoms with Crippen LogP contribution in [-0.2, 0) is 4.79 Å². The predicted octanol–water partition coefficient (Wildman–Crippen LogP) is 0.336. The Morgan fingerprint density at radius 2 is 2.06 bits per heavy atom. The molecule has 2 aliphatic rings. The summed E-state index contributed by atoms with van der Waals surface area (Å²) >= 11 is 0. The van der Waals surface area contributed by atoms with Crippen molar-refractivity contribution in [2.75, 3.05) is 13.6 Å². The highest BCUT2D eigenvalue weighted by Crippen LogP contribution is 2.19. The quantitative estimate of drug-likeness (QED) is 0.725. The molecule has 2 fully saturated rings. The fourth-order valence-corrected chi connectivity index (χ4v) is 2.30. The molecule has 0 radical (unpaired) electrons. The Labute approximate surface area is 97.8 Å². The smallest absolute Gasteiger partial charge is 0.237 e. The molecule has 1 saturated carbocycles. The van der Waals surface area contributed by atoms with Crippen LogP contribution >= 0.6 is 0 Å². The average Bonchev–Trinajstić information content (AvgIpc) is 2.95. The standard InChI is InChI=1S/C12H23N3O/c1-8-6-11(7-15(8)3)13-9(2)12(16)14-10-4-5-10/h8-11,13H,4-7H2,1-3H3,(H,14,16). The van der Waals surface area contributed by atoms with Gasteiger partial charge < -0.3 is 15.5 Å². The number of likely N-dealkylation sites (N-methyl/N-ethyl adjacent to an activating group) is 1. The van der Waals surface area contributed by atoms with Crippen molar-refractivity contribution in [1.82, 2.24) is 15.5 Å². The van der Waals surface area contributed by atoms with Crippen LogP contribution in [0, 0.1) is 0 Å². The van der Waals surface area contributed by atoms with Gasteiger partial charge in [-0.2, -0.15) is 0 Å². The molecule has 0 aromatic heterocycles. The van der Waals surface area contributed by atoms with Gasteiger partial charge in [0.15, 0.2) is 0 Å². The lowest BCUT2D eigenvalue weighted by molar-refractivity contribution is -0.123. The minimum absolute atomic E-state index is 0.0655. The predicted molar refractivity (Wildman–Crippen MR) is 64.3 cm³/mol. The number of hydrogen-bond donors (Lipinski definition) is 2. The molecule has 0 aromatic carbocycles. The summed E-state index contributed by atoms with van der Waals surface area (Å²) in [6.07, 6.45) is 3.45. The van der Waals surface area contributed by atoms with Crippen molar-refractivity contribution in [1.29, 1.82) is 0 Å². The zero-order valence-electron chi connectivity index (χ0n) is 10.5. The van der Waals surface area contributed by atoms with Gasteiger partial charge in [-0.1, -0.05) is 0 Å². The summed E-state index contributed by atoms with van der Waals surface area (Å²) in [6, 6.07) is 1.47. The monoisotopic (exact) mass is 225 g/mol. The molecule has 2 rings (SSSR count). The van der Waals surface area contributed by atoms with E-state index >= 15 is 0 Å². The largest absolute Gasteiger partial charge is 0.352 e. The van der Waals surface area contributed by atoms with Crippen LogP contribution in [0.5, 0.6) is 0 Å². The Hall–Kier alpha value is -0.610. The molecule has 1 heterocycles. The average molecular weight is 225 g/mol. The van der Waals surface area contributed by atoms with Crippen LogP contribution in [0.15, 0.2) is 0 Å². The highest BCUT2D eigenvalue weighted by molar-refractivity contribution is 5.81. The molecule has 1 aliphatic heterocycles. The normalized spacial score (nSPS) is 32.7. The van der Waals surface area contributed by atoms with E-state index in [4.69, 9.17) is 0 Å². The highest BCUT2D eigenvalue weighted by atomic mass is 16.2. The summed E-state index contributed by atoms with van der Waals surface area (Å²) < 4.78 is 0. The van der Waals surface area contributed by atoms with Gasteiger partial charge in [0.05, 0.1) is 6.04 Å². The summed E-state index contributed by atoms with van der Waals surface area (Å²) in [5, 5.41) is 6.45. The van der Waals surface area contributed by atoms with Gasteiger partial charge in [-0.15, -0.1) is 0 Å². The third kappa shape index (κ3) is 2.95. The second-order valence-corrected chi connectivity index (χ2v) is 5.39. The maximum Gasteiger partial charge on any atom is 0.237 e. The van der Waals surface area contributed by atoms with Crippen LogP contribution < -0.4 is 10.6 Å². The van der Waals surface area contributed by atoms with Crippen LogP contribution in [-0.4, -0.2) is 48.6 Å². The molecule has 2 N–H and O–H groups in total. The number of rotatable bonds is 4. The van der Waals surface area contributed by atoms with E-state index in [-0.39, 0.29) is 11.9 Å². The van der Waals surface area contributed by atoms with Gasteiger partial charge in [0, 0.05) is 24.7 Å². The van der Waals surface area contributed by atoms with E-state index < -0.39 is 0 Å². The summed E-state index contributed by atoms with van der Waals surface area (Å²) in [6.45, 7) is 5.24. The molecular weight excluding hydrogens is 202 g/mol. The molecule has 0 bridgehead atoms. The first-order valence-electron chi connectivity index (χ1n) is 6.33. The van der Waals surface area contributed by atoms with Crippen LogP contribution in [0.4, 0.5) is 0 Å². The van der Waals surface area contributed by atoms with Gasteiger partial charge in [-0.05, 0) is 40.2 Å². The maximum absolute atomic E-state index is 11.8. The minimum Gasteiger partial charge on any atom is -0.352 e. The van der Waals surface area contributed by atoms with Gasteiger partial charge >= 0.3 is 0 Å². The number of nitrogens with one attached hydrogen (secondary N) is 2. The minimum atomic E-state index is -0.0655. The maximum atomic E-state index is 11.8. The molecule has 4 nitrogen and oxygen atoms in total. The van der Waals surface area contributed by atoms with Crippen molar-refractivity contribution in [3.63, 3.8) is 0 Å². The Morgan fingerprint density at radius 3 is 2.56 bits per heavy atom. The number of hydrogen-bond acceptors (Lipinski definition) is 3. The van der Waals surface area contributed by atoms with Gasteiger partial charge in [0.1, 0.15) is 0 Å². The molecule has 0 spiro atoms. The number of likely N-dealkylation sites (tertiary alicyclic amines) is 1. The second-order valence-electron chi connectivity index (χ2n) is 5.39. The fraction of sp³-hybridized carbons (Fsp3) is 0.917. The van der Waals surface area contributed by atoms with Crippen LogP contribution in [0.1, 0.15) is 33.1 Å². The molecule has 16 heavy (non-hydrogen) atoms. The molecule has 3 unspecified atom stereocenters. The lowest BCUT2D eigenvalue weighted by Gasteiger charge is -2.18. The van der Waals surface area contributed by atoms with E-state index in [9.17, 15) is 4.79 Å². The van der Waals surface area contributed by atoms with Crippen molar-refractivity contribution in [2.24, 2.45) is 0 Å². The fourth-order valence-electron chi connectivity index (χ4n) is 2.30. The van der Waals surface area contributed by atoms with Crippen LogP contribution in [0.2, 0.25) is 0 Å². The van der Waals surface area contributed by atoms with E-state index in [1.807, 2.05) is 6.92 Å². The van der Waals surface area contributed by atoms with Gasteiger partial charge in [0.25, 0.3) is 0 Å². The Kier molecular flexibility index (Phi) is 3.50. The molecule has 1 saturated heterocycles. The zero-order chi connectivity index (χ0) is 11.7. The Balaban J connectivity index is 1.73. The topological polar surface area (TPSA) is 44.4 Å². The number of carbonyl (C=O) groups excluding carboxylic acids is 1. The molecule has 1 amide bonds. The summed E-state index contributed by atoms with van der Waals surface area (Å²) in [7, 11) is 2.14. The first-order valence-corrected chi connectivity index (χ1v) is 6.33. The zero-order valence-corrected chi connectivity index (χ0v) is 10.5. The third-order valence-electron chi connectivity index (χ3n) is 3.69. The van der Waals surface area contributed by atoms with Gasteiger partial charge in [-0.25, -0.2) is 0 Å². The number of carbonyl (C=O) groups is 1. The molecule has 4 heteroatoms. The van der Waals surface area contributed by atoms with Crippen molar-refractivity contribution in [3.05, 3.63) is 0 Å². The van der Waals surface area contributed by atoms with Crippen molar-refractivity contribution >= 4 is 5.91 Å². The third-order valence-corrected chi connectivity index (χ3v) is 3.69. The van der Waals surface area contributed by atoms with Crippen molar-refractivity contribution in [3.8, 4) is 0 Å². The van der Waals surface area contributed by atoms with Crippen molar-refractivity contribution < 1.29 is 4.79 Å². The second kappa shape index (κ2) is 4.72. The van der Waals surface area contributed by atoms with Crippen molar-refractivity contribution in [2.45, 2.75) is 57.3 Å². The van der Waals surface area contributed by atoms with Crippen LogP contribution in [0.3, 0.4) is 0 Å². The van der Waals surface area contributed by atoms with E-state index in [1.165, 1.54) is 0 Å². The van der Waals surface area contributed by atoms with E-state index in [0.717, 1.165) is 25.8 Å². The number of nitrogens with zero attached hydrogens (tertiary/aromatic N) is 1. The lowest BCUT2D eigenvalue weighted by atomic mass is 10.1. The molecule has 92 valence electrons. The van der Waals surface area contributed by atoms with E-state index in [0.29, 0.717) is 18.1 Å². The van der Waals surface area contributed by atoms with E-state index in [2.05, 4.69) is 29.5 Å². The Morgan fingerprint density at radius 1 is 1.38 bits per heavy atom. The van der Waals surface area contributed by atoms with Crippen LogP contribution in [0.25, 0.3) is 0 Å². The molecule has 1 aliphatic carbocycles. The highest BCUT2D eigenvalue weighted by Gasteiger charge is 2.30. The summed E-state index contributed by atoms with van der Waals surface area (Å²) in [5.74, 6) is 0.157. The molecular formula is C12H23N3O. The Bertz CT molecular complexity index is 255. The van der Waals surface area contributed by atoms with Gasteiger partial charge in [-0.3, -0.25) is 4.79 Å².